The van der Waals surface area contributed by atoms with Gasteiger partial charge in [-0.15, -0.1) is 0 Å². The highest BCUT2D eigenvalue weighted by Crippen LogP contribution is 2.56. The zero-order chi connectivity index (χ0) is 21.6. The summed E-state index contributed by atoms with van der Waals surface area (Å²) in [7, 11) is 0. The molecule has 0 radical (unpaired) electrons. The molecule has 0 saturated heterocycles. The smallest absolute Gasteiger partial charge is 0.153 e. The molecule has 4 nitrogen and oxygen atoms in total. The molecule has 0 N–H and O–H groups in total. The lowest BCUT2D eigenvalue weighted by atomic mass is 9.51. The molecule has 0 aliphatic heterocycles. The number of carbonyl (C=O) groups is 1. The van der Waals surface area contributed by atoms with Gasteiger partial charge in [0.1, 0.15) is 5.92 Å². The van der Waals surface area contributed by atoms with Crippen LogP contribution in [0.3, 0.4) is 0 Å². The molecular formula is C26H24BrN3O. The molecule has 1 heterocycles. The normalized spacial score (nSPS) is 27.3. The Labute approximate surface area is 191 Å². The van der Waals surface area contributed by atoms with E-state index in [1.54, 1.807) is 0 Å². The summed E-state index contributed by atoms with van der Waals surface area (Å²) in [6.07, 6.45) is 4.39. The zero-order valence-corrected chi connectivity index (χ0v) is 19.0. The van der Waals surface area contributed by atoms with E-state index in [2.05, 4.69) is 63.1 Å². The van der Waals surface area contributed by atoms with Crippen molar-refractivity contribution in [2.45, 2.75) is 38.1 Å². The van der Waals surface area contributed by atoms with Crippen LogP contribution < -0.4 is 0 Å². The van der Waals surface area contributed by atoms with E-state index in [0.717, 1.165) is 17.3 Å². The fourth-order valence-corrected chi connectivity index (χ4v) is 6.18. The maximum atomic E-state index is 13.0. The number of ketones is 1. The summed E-state index contributed by atoms with van der Waals surface area (Å²) in [5.74, 6) is -0.474. The van der Waals surface area contributed by atoms with Crippen LogP contribution >= 0.6 is 15.9 Å². The van der Waals surface area contributed by atoms with Crippen molar-refractivity contribution in [3.05, 3.63) is 87.7 Å². The van der Waals surface area contributed by atoms with Gasteiger partial charge in [0.2, 0.25) is 0 Å². The second-order valence-electron chi connectivity index (χ2n) is 8.86. The van der Waals surface area contributed by atoms with Crippen LogP contribution in [0.15, 0.2) is 65.3 Å². The van der Waals surface area contributed by atoms with Gasteiger partial charge < -0.3 is 0 Å². The number of nitriles is 1. The maximum Gasteiger partial charge on any atom is 0.153 e. The number of aryl methyl sites for hydroxylation is 1. The Hall–Kier alpha value is -2.71. The summed E-state index contributed by atoms with van der Waals surface area (Å²) in [6.45, 7) is 2.69. The monoisotopic (exact) mass is 473 g/mol. The van der Waals surface area contributed by atoms with Gasteiger partial charge in [-0.05, 0) is 54.0 Å². The van der Waals surface area contributed by atoms with Crippen molar-refractivity contribution < 1.29 is 4.79 Å². The molecule has 156 valence electrons. The third kappa shape index (κ3) is 3.16. The molecule has 2 aliphatic carbocycles. The van der Waals surface area contributed by atoms with E-state index in [9.17, 15) is 10.1 Å². The summed E-state index contributed by atoms with van der Waals surface area (Å²) < 4.78 is 3.17. The number of hydrogen-bond acceptors (Lipinski definition) is 3. The highest BCUT2D eigenvalue weighted by Gasteiger charge is 2.56. The van der Waals surface area contributed by atoms with Crippen molar-refractivity contribution in [2.75, 3.05) is 0 Å². The highest BCUT2D eigenvalue weighted by molar-refractivity contribution is 9.10. The first-order chi connectivity index (χ1) is 15.0. The Morgan fingerprint density at radius 3 is 2.65 bits per heavy atom. The minimum atomic E-state index is -0.589. The number of Topliss-reactive ketones (excluding diaryl/α,β-unsaturated/α-hetero) is 1. The van der Waals surface area contributed by atoms with E-state index in [0.29, 0.717) is 13.0 Å². The van der Waals surface area contributed by atoms with Crippen molar-refractivity contribution in [2.24, 2.45) is 17.8 Å². The van der Waals surface area contributed by atoms with Crippen molar-refractivity contribution in [1.29, 1.82) is 5.26 Å². The molecule has 1 fully saturated rings. The summed E-state index contributed by atoms with van der Waals surface area (Å²) >= 11 is 3.51. The van der Waals surface area contributed by atoms with Crippen LogP contribution in [0, 0.1) is 29.1 Å². The maximum absolute atomic E-state index is 13.0. The molecule has 0 spiro atoms. The molecule has 3 aromatic rings. The number of fused-ring (bicyclic) bond motifs is 3. The van der Waals surface area contributed by atoms with Gasteiger partial charge in [-0.25, -0.2) is 0 Å². The average Bonchev–Trinajstić information content (AvgIpc) is 3.21. The number of nitrogens with zero attached hydrogens (tertiary/aromatic N) is 3. The topological polar surface area (TPSA) is 58.7 Å². The predicted octanol–water partition coefficient (Wildman–Crippen LogP) is 5.29. The van der Waals surface area contributed by atoms with Gasteiger partial charge in [0, 0.05) is 15.8 Å². The molecule has 4 atom stereocenters. The van der Waals surface area contributed by atoms with Crippen molar-refractivity contribution in [1.82, 2.24) is 9.78 Å². The lowest BCUT2D eigenvalue weighted by Gasteiger charge is -2.51. The zero-order valence-electron chi connectivity index (χ0n) is 17.5. The van der Waals surface area contributed by atoms with Gasteiger partial charge in [0.05, 0.1) is 24.5 Å². The summed E-state index contributed by atoms with van der Waals surface area (Å²) in [5.41, 5.74) is 4.43. The Morgan fingerprint density at radius 1 is 1.19 bits per heavy atom. The van der Waals surface area contributed by atoms with Gasteiger partial charge in [-0.3, -0.25) is 9.48 Å². The molecule has 1 aromatic heterocycles. The van der Waals surface area contributed by atoms with Crippen LogP contribution in [-0.4, -0.2) is 15.6 Å². The molecule has 5 heteroatoms. The van der Waals surface area contributed by atoms with E-state index in [1.165, 1.54) is 22.4 Å². The van der Waals surface area contributed by atoms with E-state index < -0.39 is 5.92 Å². The Bertz CT molecular complexity index is 1160. The first-order valence-corrected chi connectivity index (χ1v) is 11.6. The van der Waals surface area contributed by atoms with Crippen molar-refractivity contribution in [3.63, 3.8) is 0 Å². The molecule has 0 amide bonds. The van der Waals surface area contributed by atoms with E-state index >= 15 is 0 Å². The third-order valence-electron chi connectivity index (χ3n) is 7.31. The predicted molar refractivity (Wildman–Crippen MR) is 122 cm³/mol. The summed E-state index contributed by atoms with van der Waals surface area (Å²) in [4.78, 5) is 13.0. The number of hydrogen-bond donors (Lipinski definition) is 0. The minimum absolute atomic E-state index is 0.0986. The lowest BCUT2D eigenvalue weighted by molar-refractivity contribution is -0.131. The van der Waals surface area contributed by atoms with Gasteiger partial charge in [0.15, 0.2) is 5.78 Å². The Balaban J connectivity index is 1.71. The van der Waals surface area contributed by atoms with E-state index in [-0.39, 0.29) is 23.0 Å². The van der Waals surface area contributed by atoms with Crippen LogP contribution in [-0.2, 0) is 23.2 Å². The molecule has 5 rings (SSSR count). The molecule has 1 saturated carbocycles. The van der Waals surface area contributed by atoms with Gasteiger partial charge in [-0.2, -0.15) is 10.4 Å². The number of benzene rings is 2. The summed E-state index contributed by atoms with van der Waals surface area (Å²) in [6, 6.07) is 21.1. The Morgan fingerprint density at radius 2 is 1.94 bits per heavy atom. The number of rotatable bonds is 3. The molecule has 31 heavy (non-hydrogen) atoms. The van der Waals surface area contributed by atoms with Gasteiger partial charge in [0.25, 0.3) is 0 Å². The largest absolute Gasteiger partial charge is 0.298 e. The fraction of sp³-hybridized carbons (Fsp3) is 0.346. The first kappa shape index (κ1) is 20.2. The quantitative estimate of drug-likeness (QED) is 0.518. The number of halogens is 1. The number of aromatic nitrogens is 2. The third-order valence-corrected chi connectivity index (χ3v) is 7.84. The highest BCUT2D eigenvalue weighted by atomic mass is 79.9. The van der Waals surface area contributed by atoms with Gasteiger partial charge in [-0.1, -0.05) is 65.3 Å². The molecule has 2 aliphatic rings. The minimum Gasteiger partial charge on any atom is -0.298 e. The van der Waals surface area contributed by atoms with Crippen LogP contribution in [0.1, 0.15) is 42.1 Å². The second kappa shape index (κ2) is 7.76. The lowest BCUT2D eigenvalue weighted by Crippen LogP contribution is -2.53. The van der Waals surface area contributed by atoms with Crippen LogP contribution in [0.4, 0.5) is 0 Å². The number of carbonyl (C=O) groups excluding carboxylic acids is 1. The van der Waals surface area contributed by atoms with E-state index in [4.69, 9.17) is 5.10 Å². The molecule has 0 bridgehead atoms. The van der Waals surface area contributed by atoms with Crippen LogP contribution in [0.25, 0.3) is 0 Å². The van der Waals surface area contributed by atoms with E-state index in [1.807, 2.05) is 31.3 Å². The van der Waals surface area contributed by atoms with Crippen LogP contribution in [0.2, 0.25) is 0 Å². The van der Waals surface area contributed by atoms with Gasteiger partial charge >= 0.3 is 0 Å². The van der Waals surface area contributed by atoms with Crippen LogP contribution in [0.5, 0.6) is 0 Å². The second-order valence-corrected chi connectivity index (χ2v) is 9.78. The average molecular weight is 474 g/mol. The SMILES string of the molecule is C[C@@H]1C(=O)C(C#N)C[C@@]2(c3ccccc3)c3c(cnn3Cc3ccc(Br)cc3)CC[C@@H]12. The molecule has 1 unspecified atom stereocenters. The van der Waals surface area contributed by atoms with Crippen molar-refractivity contribution in [3.8, 4) is 6.07 Å². The Kier molecular flexibility index (Phi) is 5.06. The van der Waals surface area contributed by atoms with Crippen molar-refractivity contribution >= 4 is 21.7 Å². The standard InChI is InChI=1S/C26H24BrN3O/c1-17-23-12-9-19-15-29-30(16-18-7-10-22(27)11-8-18)25(19)26(23,13-20(14-28)24(17)31)21-5-3-2-4-6-21/h2-8,10-11,15,17,20,23H,9,12-13,16H2,1H3/t17-,20?,23-,26-/m0/s1. The molecule has 2 aromatic carbocycles. The summed E-state index contributed by atoms with van der Waals surface area (Å²) in [5, 5.41) is 14.7. The first-order valence-electron chi connectivity index (χ1n) is 10.8. The fourth-order valence-electron chi connectivity index (χ4n) is 5.92. The molecular weight excluding hydrogens is 450 g/mol.